The Morgan fingerprint density at radius 2 is 1.12 bits per heavy atom. The maximum atomic E-state index is 12.8. The Morgan fingerprint density at radius 3 is 1.61 bits per heavy atom. The van der Waals surface area contributed by atoms with Crippen LogP contribution in [0.1, 0.15) is 96.3 Å². The molecule has 0 spiro atoms. The molecule has 6 unspecified atom stereocenters. The summed E-state index contributed by atoms with van der Waals surface area (Å²) >= 11 is 0. The number of rotatable bonds is 9. The third-order valence-corrected chi connectivity index (χ3v) is 10.0. The van der Waals surface area contributed by atoms with Crippen LogP contribution in [-0.2, 0) is 28.7 Å². The Hall–Kier alpha value is -2.76. The van der Waals surface area contributed by atoms with E-state index in [-0.39, 0.29) is 37.9 Å². The fourth-order valence-electron chi connectivity index (χ4n) is 7.54. The molecule has 0 saturated heterocycles. The lowest BCUT2D eigenvalue weighted by atomic mass is 9.76. The van der Waals surface area contributed by atoms with Crippen molar-refractivity contribution in [3.05, 3.63) is 10.1 Å². The van der Waals surface area contributed by atoms with Crippen LogP contribution >= 0.6 is 0 Å². The first-order valence-electron chi connectivity index (χ1n) is 15.2. The molecule has 4 aliphatic rings. The first kappa shape index (κ1) is 31.2. The van der Waals surface area contributed by atoms with E-state index in [1.807, 2.05) is 0 Å². The average molecular weight is 582 g/mol. The molecule has 3 N–H and O–H groups in total. The lowest BCUT2D eigenvalue weighted by Crippen LogP contribution is -2.42. The van der Waals surface area contributed by atoms with E-state index in [1.54, 1.807) is 0 Å². The number of nitrogens with zero attached hydrogens (tertiary/aromatic N) is 1. The first-order chi connectivity index (χ1) is 19.5. The van der Waals surface area contributed by atoms with Crippen LogP contribution in [-0.4, -0.2) is 68.5 Å². The van der Waals surface area contributed by atoms with E-state index in [0.29, 0.717) is 37.5 Å². The molecular weight excluding hydrogens is 538 g/mol. The van der Waals surface area contributed by atoms with Gasteiger partial charge in [0.1, 0.15) is 12.2 Å². The van der Waals surface area contributed by atoms with Gasteiger partial charge in [0.05, 0.1) is 29.8 Å². The van der Waals surface area contributed by atoms with Gasteiger partial charge in [0.2, 0.25) is 6.04 Å². The first-order valence-corrected chi connectivity index (χ1v) is 15.2. The molecule has 0 aromatic rings. The van der Waals surface area contributed by atoms with Gasteiger partial charge in [-0.1, -0.05) is 0 Å². The maximum absolute atomic E-state index is 12.8. The standard InChI is InChI=1S/C29H43NO11/c31-19-6-12-23(24(15-19)27(34)35)28(36)40-20-7-1-16(2-8-20)13-17-3-9-21(10-4-17)41-29(37)25-14-18(30(38)39)5-11-22(25)26(32)33/h16-25,31H,1-15H2,(H,32,33)(H,34,35). The van der Waals surface area contributed by atoms with Gasteiger partial charge in [-0.25, -0.2) is 0 Å². The monoisotopic (exact) mass is 581 g/mol. The molecule has 0 bridgehead atoms. The zero-order valence-corrected chi connectivity index (χ0v) is 23.4. The summed E-state index contributed by atoms with van der Waals surface area (Å²) in [6.45, 7) is 0. The second-order valence-corrected chi connectivity index (χ2v) is 12.7. The normalized spacial score (nSPS) is 37.9. The molecule has 4 aliphatic carbocycles. The van der Waals surface area contributed by atoms with Crippen LogP contribution in [0, 0.1) is 45.6 Å². The van der Waals surface area contributed by atoms with Gasteiger partial charge < -0.3 is 24.8 Å². The minimum absolute atomic E-state index is 0.0782. The van der Waals surface area contributed by atoms with E-state index in [0.717, 1.165) is 44.9 Å². The van der Waals surface area contributed by atoms with Crippen molar-refractivity contribution < 1.29 is 48.9 Å². The minimum atomic E-state index is -1.11. The lowest BCUT2D eigenvalue weighted by Gasteiger charge is -2.35. The van der Waals surface area contributed by atoms with Crippen molar-refractivity contribution in [3.8, 4) is 0 Å². The van der Waals surface area contributed by atoms with Gasteiger partial charge in [-0.3, -0.25) is 29.3 Å². The number of hydrogen-bond donors (Lipinski definition) is 3. The highest BCUT2D eigenvalue weighted by Gasteiger charge is 2.45. The van der Waals surface area contributed by atoms with Crippen LogP contribution in [0.25, 0.3) is 0 Å². The van der Waals surface area contributed by atoms with E-state index in [9.17, 15) is 44.6 Å². The second kappa shape index (κ2) is 13.9. The van der Waals surface area contributed by atoms with Crippen molar-refractivity contribution in [2.24, 2.45) is 35.5 Å². The van der Waals surface area contributed by atoms with Gasteiger partial charge in [-0.05, 0) is 95.3 Å². The zero-order chi connectivity index (χ0) is 29.7. The quantitative estimate of drug-likeness (QED) is 0.205. The minimum Gasteiger partial charge on any atom is -0.481 e. The molecule has 230 valence electrons. The van der Waals surface area contributed by atoms with Crippen molar-refractivity contribution in [2.75, 3.05) is 0 Å². The molecule has 0 heterocycles. The Balaban J connectivity index is 1.16. The Bertz CT molecular complexity index is 970. The van der Waals surface area contributed by atoms with Crippen LogP contribution in [0.4, 0.5) is 0 Å². The number of carboxylic acid groups (broad SMARTS) is 2. The molecular formula is C29H43NO11. The van der Waals surface area contributed by atoms with E-state index >= 15 is 0 Å². The van der Waals surface area contributed by atoms with Crippen molar-refractivity contribution in [2.45, 2.75) is 121 Å². The summed E-state index contributed by atoms with van der Waals surface area (Å²) in [5.74, 6) is -5.82. The number of carbonyl (C=O) groups excluding carboxylic acids is 2. The number of aliphatic carboxylic acids is 2. The van der Waals surface area contributed by atoms with Crippen molar-refractivity contribution in [1.82, 2.24) is 0 Å². The molecule has 6 atom stereocenters. The Kier molecular flexibility index (Phi) is 10.6. The molecule has 0 radical (unpaired) electrons. The molecule has 4 rings (SSSR count). The lowest BCUT2D eigenvalue weighted by molar-refractivity contribution is -0.528. The number of ether oxygens (including phenoxy) is 2. The second-order valence-electron chi connectivity index (χ2n) is 12.7. The highest BCUT2D eigenvalue weighted by Crippen LogP contribution is 2.39. The number of esters is 2. The molecule has 0 aliphatic heterocycles. The van der Waals surface area contributed by atoms with Crippen LogP contribution in [0.2, 0.25) is 0 Å². The zero-order valence-electron chi connectivity index (χ0n) is 23.4. The third-order valence-electron chi connectivity index (χ3n) is 10.0. The highest BCUT2D eigenvalue weighted by atomic mass is 16.6. The summed E-state index contributed by atoms with van der Waals surface area (Å²) in [5, 5.41) is 40.0. The van der Waals surface area contributed by atoms with Gasteiger partial charge in [0.25, 0.3) is 0 Å². The summed E-state index contributed by atoms with van der Waals surface area (Å²) < 4.78 is 11.4. The predicted molar refractivity (Wildman–Crippen MR) is 142 cm³/mol. The van der Waals surface area contributed by atoms with Crippen LogP contribution in [0.15, 0.2) is 0 Å². The van der Waals surface area contributed by atoms with E-state index in [2.05, 4.69) is 0 Å². The predicted octanol–water partition coefficient (Wildman–Crippen LogP) is 3.59. The SMILES string of the molecule is O=C(O)C1CC(O)CCC1C(=O)OC1CCC(CC2CCC(OC(=O)C3CC([N+](=O)[O-])CCC3C(=O)O)CC2)CC1. The molecule has 12 nitrogen and oxygen atoms in total. The molecule has 4 saturated carbocycles. The summed E-state index contributed by atoms with van der Waals surface area (Å²) in [5.41, 5.74) is 0. The molecule has 41 heavy (non-hydrogen) atoms. The van der Waals surface area contributed by atoms with Gasteiger partial charge in [-0.2, -0.15) is 0 Å². The molecule has 0 amide bonds. The smallest absolute Gasteiger partial charge is 0.310 e. The fourth-order valence-corrected chi connectivity index (χ4v) is 7.54. The number of aliphatic hydroxyl groups excluding tert-OH is 1. The fraction of sp³-hybridized carbons (Fsp3) is 0.862. The Labute approximate surface area is 239 Å². The van der Waals surface area contributed by atoms with Gasteiger partial charge >= 0.3 is 23.9 Å². The van der Waals surface area contributed by atoms with Gasteiger partial charge in [-0.15, -0.1) is 0 Å². The number of carbonyl (C=O) groups is 4. The number of nitro groups is 1. The van der Waals surface area contributed by atoms with Crippen molar-refractivity contribution in [1.29, 1.82) is 0 Å². The van der Waals surface area contributed by atoms with Crippen LogP contribution in [0.3, 0.4) is 0 Å². The highest BCUT2D eigenvalue weighted by molar-refractivity contribution is 5.82. The summed E-state index contributed by atoms with van der Waals surface area (Å²) in [4.78, 5) is 59.6. The van der Waals surface area contributed by atoms with Gasteiger partial charge in [0.15, 0.2) is 0 Å². The molecule has 4 fully saturated rings. The van der Waals surface area contributed by atoms with E-state index < -0.39 is 64.6 Å². The van der Waals surface area contributed by atoms with Gasteiger partial charge in [0, 0.05) is 17.8 Å². The van der Waals surface area contributed by atoms with E-state index in [4.69, 9.17) is 9.47 Å². The van der Waals surface area contributed by atoms with Crippen molar-refractivity contribution in [3.63, 3.8) is 0 Å². The molecule has 12 heteroatoms. The largest absolute Gasteiger partial charge is 0.481 e. The summed E-state index contributed by atoms with van der Waals surface area (Å²) in [7, 11) is 0. The third kappa shape index (κ3) is 8.17. The Morgan fingerprint density at radius 1 is 0.634 bits per heavy atom. The average Bonchev–Trinajstić information content (AvgIpc) is 2.94. The summed E-state index contributed by atoms with van der Waals surface area (Å²) in [6, 6.07) is -0.916. The summed E-state index contributed by atoms with van der Waals surface area (Å²) in [6.07, 6.45) is 7.30. The number of hydrogen-bond acceptors (Lipinski definition) is 9. The topological polar surface area (TPSA) is 191 Å². The van der Waals surface area contributed by atoms with Crippen molar-refractivity contribution >= 4 is 23.9 Å². The molecule has 0 aromatic heterocycles. The number of aliphatic hydroxyl groups is 1. The maximum Gasteiger partial charge on any atom is 0.310 e. The van der Waals surface area contributed by atoms with E-state index in [1.165, 1.54) is 0 Å². The molecule has 0 aromatic carbocycles. The number of carboxylic acids is 2. The van der Waals surface area contributed by atoms with Crippen LogP contribution in [0.5, 0.6) is 0 Å². The van der Waals surface area contributed by atoms with Crippen LogP contribution < -0.4 is 0 Å².